The van der Waals surface area contributed by atoms with Crippen molar-refractivity contribution in [2.75, 3.05) is 11.5 Å². The van der Waals surface area contributed by atoms with E-state index >= 15 is 0 Å². The van der Waals surface area contributed by atoms with E-state index in [2.05, 4.69) is 5.32 Å². The van der Waals surface area contributed by atoms with Crippen molar-refractivity contribution < 1.29 is 9.90 Å². The predicted octanol–water partition coefficient (Wildman–Crippen LogP) is 1.72. The minimum absolute atomic E-state index is 0.143. The molecule has 0 aliphatic carbocycles. The van der Waals surface area contributed by atoms with Gasteiger partial charge in [-0.2, -0.15) is 11.8 Å². The highest BCUT2D eigenvalue weighted by Gasteiger charge is 2.42. The smallest absolute Gasteiger partial charge is 0.324 e. The number of carboxylic acids is 1. The van der Waals surface area contributed by atoms with Gasteiger partial charge in [-0.15, -0.1) is 0 Å². The lowest BCUT2D eigenvalue weighted by Gasteiger charge is -2.39. The van der Waals surface area contributed by atoms with Crippen LogP contribution >= 0.6 is 11.8 Å². The molecule has 0 bridgehead atoms. The lowest BCUT2D eigenvalue weighted by Crippen LogP contribution is -2.61. The van der Waals surface area contributed by atoms with E-state index in [0.29, 0.717) is 5.75 Å². The first-order chi connectivity index (χ1) is 6.36. The molecule has 14 heavy (non-hydrogen) atoms. The zero-order valence-corrected chi connectivity index (χ0v) is 9.91. The molecule has 0 aromatic carbocycles. The van der Waals surface area contributed by atoms with Crippen LogP contribution in [0.1, 0.15) is 33.6 Å². The summed E-state index contributed by atoms with van der Waals surface area (Å²) in [6.45, 7) is 6.03. The van der Waals surface area contributed by atoms with Crippen molar-refractivity contribution >= 4 is 17.7 Å². The van der Waals surface area contributed by atoms with Crippen molar-refractivity contribution in [1.29, 1.82) is 0 Å². The second-order valence-electron chi connectivity index (χ2n) is 4.92. The van der Waals surface area contributed by atoms with Gasteiger partial charge in [0.2, 0.25) is 0 Å². The molecule has 0 amide bonds. The number of rotatable bonds is 2. The Morgan fingerprint density at radius 1 is 1.50 bits per heavy atom. The third-order valence-corrected chi connectivity index (χ3v) is 3.54. The summed E-state index contributed by atoms with van der Waals surface area (Å²) in [4.78, 5) is 11.3. The van der Waals surface area contributed by atoms with Gasteiger partial charge in [0, 0.05) is 11.3 Å². The van der Waals surface area contributed by atoms with Crippen molar-refractivity contribution in [3.63, 3.8) is 0 Å². The Kier molecular flexibility index (Phi) is 3.48. The summed E-state index contributed by atoms with van der Waals surface area (Å²) in [5.41, 5.74) is -0.850. The van der Waals surface area contributed by atoms with E-state index in [1.54, 1.807) is 11.8 Å². The Bertz CT molecular complexity index is 217. The Morgan fingerprint density at radius 2 is 2.14 bits per heavy atom. The Labute approximate surface area is 89.6 Å². The van der Waals surface area contributed by atoms with Gasteiger partial charge in [0.1, 0.15) is 5.54 Å². The summed E-state index contributed by atoms with van der Waals surface area (Å²) in [6, 6.07) is 0. The highest BCUT2D eigenvalue weighted by molar-refractivity contribution is 7.99. The highest BCUT2D eigenvalue weighted by atomic mass is 32.2. The second-order valence-corrected chi connectivity index (χ2v) is 6.02. The molecule has 1 rings (SSSR count). The van der Waals surface area contributed by atoms with Gasteiger partial charge in [-0.25, -0.2) is 0 Å². The number of nitrogens with one attached hydrogen (secondary N) is 1. The summed E-state index contributed by atoms with van der Waals surface area (Å²) in [6.07, 6.45) is 1.73. The van der Waals surface area contributed by atoms with Gasteiger partial charge in [-0.1, -0.05) is 0 Å². The van der Waals surface area contributed by atoms with Crippen molar-refractivity contribution in [3.8, 4) is 0 Å². The molecule has 0 spiro atoms. The van der Waals surface area contributed by atoms with Crippen LogP contribution in [0.2, 0.25) is 0 Å². The molecule has 0 radical (unpaired) electrons. The first kappa shape index (κ1) is 11.9. The molecule has 3 nitrogen and oxygen atoms in total. The fraction of sp³-hybridized carbons (Fsp3) is 0.900. The summed E-state index contributed by atoms with van der Waals surface area (Å²) in [7, 11) is 0. The van der Waals surface area contributed by atoms with Crippen LogP contribution in [0, 0.1) is 0 Å². The molecule has 1 fully saturated rings. The van der Waals surface area contributed by atoms with E-state index in [0.717, 1.165) is 18.6 Å². The van der Waals surface area contributed by atoms with Gasteiger partial charge in [-0.05, 0) is 39.4 Å². The molecule has 82 valence electrons. The first-order valence-corrected chi connectivity index (χ1v) is 6.12. The number of hydrogen-bond donors (Lipinski definition) is 2. The van der Waals surface area contributed by atoms with Crippen molar-refractivity contribution in [1.82, 2.24) is 5.32 Å². The van der Waals surface area contributed by atoms with E-state index in [1.165, 1.54) is 0 Å². The lowest BCUT2D eigenvalue weighted by atomic mass is 9.91. The summed E-state index contributed by atoms with van der Waals surface area (Å²) < 4.78 is 0. The first-order valence-electron chi connectivity index (χ1n) is 4.96. The van der Waals surface area contributed by atoms with Gasteiger partial charge < -0.3 is 5.11 Å². The van der Waals surface area contributed by atoms with Gasteiger partial charge in [0.15, 0.2) is 0 Å². The van der Waals surface area contributed by atoms with E-state index in [4.69, 9.17) is 0 Å². The maximum Gasteiger partial charge on any atom is 0.324 e. The molecule has 0 aromatic heterocycles. The number of thioether (sulfide) groups is 1. The Hall–Kier alpha value is -0.220. The van der Waals surface area contributed by atoms with Gasteiger partial charge >= 0.3 is 5.97 Å². The van der Waals surface area contributed by atoms with Crippen LogP contribution in [-0.4, -0.2) is 33.7 Å². The Morgan fingerprint density at radius 3 is 2.50 bits per heavy atom. The normalized spacial score (nSPS) is 28.8. The van der Waals surface area contributed by atoms with E-state index < -0.39 is 11.5 Å². The van der Waals surface area contributed by atoms with E-state index in [9.17, 15) is 9.90 Å². The maximum atomic E-state index is 11.3. The molecular formula is C10H19NO2S. The van der Waals surface area contributed by atoms with Gasteiger partial charge in [0.25, 0.3) is 0 Å². The monoisotopic (exact) mass is 217 g/mol. The number of carbonyl (C=O) groups is 1. The molecule has 1 aliphatic heterocycles. The molecule has 1 atom stereocenters. The molecule has 0 aromatic rings. The van der Waals surface area contributed by atoms with Crippen molar-refractivity contribution in [2.24, 2.45) is 0 Å². The molecule has 1 unspecified atom stereocenters. The summed E-state index contributed by atoms with van der Waals surface area (Å²) >= 11 is 1.73. The topological polar surface area (TPSA) is 49.3 Å². The van der Waals surface area contributed by atoms with Crippen molar-refractivity contribution in [3.05, 3.63) is 0 Å². The van der Waals surface area contributed by atoms with Crippen LogP contribution in [0.3, 0.4) is 0 Å². The summed E-state index contributed by atoms with van der Waals surface area (Å²) in [5.74, 6) is 1.06. The largest absolute Gasteiger partial charge is 0.480 e. The standard InChI is InChI=1S/C10H19NO2S/c1-9(2,3)11-10(8(12)13)5-4-6-14-7-10/h11H,4-7H2,1-3H3,(H,12,13). The van der Waals surface area contributed by atoms with Crippen LogP contribution in [-0.2, 0) is 4.79 Å². The zero-order valence-electron chi connectivity index (χ0n) is 9.09. The highest BCUT2D eigenvalue weighted by Crippen LogP contribution is 2.29. The van der Waals surface area contributed by atoms with Crippen molar-refractivity contribution in [2.45, 2.75) is 44.7 Å². The minimum atomic E-state index is -0.709. The quantitative estimate of drug-likeness (QED) is 0.739. The summed E-state index contributed by atoms with van der Waals surface area (Å²) in [5, 5.41) is 12.5. The second kappa shape index (κ2) is 4.11. The van der Waals surface area contributed by atoms with Gasteiger partial charge in [0.05, 0.1) is 0 Å². The van der Waals surface area contributed by atoms with Crippen LogP contribution in [0.4, 0.5) is 0 Å². The third kappa shape index (κ3) is 2.89. The third-order valence-electron chi connectivity index (χ3n) is 2.26. The fourth-order valence-electron chi connectivity index (χ4n) is 1.83. The van der Waals surface area contributed by atoms with E-state index in [-0.39, 0.29) is 5.54 Å². The molecule has 1 aliphatic rings. The van der Waals surface area contributed by atoms with Crippen LogP contribution < -0.4 is 5.32 Å². The maximum absolute atomic E-state index is 11.3. The number of hydrogen-bond acceptors (Lipinski definition) is 3. The molecular weight excluding hydrogens is 198 g/mol. The number of carboxylic acid groups (broad SMARTS) is 1. The SMILES string of the molecule is CC(C)(C)NC1(C(=O)O)CCCSC1. The average Bonchev–Trinajstić information content (AvgIpc) is 2.02. The molecule has 0 saturated carbocycles. The van der Waals surface area contributed by atoms with E-state index in [1.807, 2.05) is 20.8 Å². The Balaban J connectivity index is 2.76. The molecule has 2 N–H and O–H groups in total. The molecule has 1 heterocycles. The fourth-order valence-corrected chi connectivity index (χ4v) is 3.01. The lowest BCUT2D eigenvalue weighted by molar-refractivity contribution is -0.145. The molecule has 4 heteroatoms. The zero-order chi connectivity index (χ0) is 10.8. The van der Waals surface area contributed by atoms with Crippen LogP contribution in [0.5, 0.6) is 0 Å². The van der Waals surface area contributed by atoms with Gasteiger partial charge in [-0.3, -0.25) is 10.1 Å². The van der Waals surface area contributed by atoms with Crippen LogP contribution in [0.15, 0.2) is 0 Å². The number of aliphatic carboxylic acids is 1. The average molecular weight is 217 g/mol. The molecule has 1 saturated heterocycles. The predicted molar refractivity (Wildman–Crippen MR) is 59.8 cm³/mol. The van der Waals surface area contributed by atoms with Crippen LogP contribution in [0.25, 0.3) is 0 Å². The minimum Gasteiger partial charge on any atom is -0.480 e.